The number of amides is 1. The zero-order valence-corrected chi connectivity index (χ0v) is 16.7. The Morgan fingerprint density at radius 1 is 1.14 bits per heavy atom. The molecule has 3 rings (SSSR count). The summed E-state index contributed by atoms with van der Waals surface area (Å²) in [5.74, 6) is -0.294. The van der Waals surface area contributed by atoms with E-state index in [-0.39, 0.29) is 17.1 Å². The van der Waals surface area contributed by atoms with Gasteiger partial charge in [-0.3, -0.25) is 10.1 Å². The minimum Gasteiger partial charge on any atom is -0.496 e. The molecule has 0 aliphatic rings. The van der Waals surface area contributed by atoms with Gasteiger partial charge in [0.1, 0.15) is 5.75 Å². The number of carbonyl (C=O) groups excluding carboxylic acids is 1. The molecule has 0 fully saturated rings. The highest BCUT2D eigenvalue weighted by Crippen LogP contribution is 2.35. The van der Waals surface area contributed by atoms with Crippen molar-refractivity contribution in [2.75, 3.05) is 19.5 Å². The predicted octanol–water partition coefficient (Wildman–Crippen LogP) is 4.99. The number of benzene rings is 2. The van der Waals surface area contributed by atoms with Crippen LogP contribution in [0.25, 0.3) is 11.3 Å². The van der Waals surface area contributed by atoms with E-state index in [1.54, 1.807) is 12.5 Å². The molecule has 1 heterocycles. The zero-order valence-electron chi connectivity index (χ0n) is 15.9. The zero-order chi connectivity index (χ0) is 21.0. The molecule has 0 unspecified atom stereocenters. The van der Waals surface area contributed by atoms with Crippen LogP contribution in [0, 0.1) is 6.92 Å². The van der Waals surface area contributed by atoms with Gasteiger partial charge in [0.25, 0.3) is 5.91 Å². The number of alkyl halides is 2. The molecule has 9 heteroatoms. The van der Waals surface area contributed by atoms with Crippen molar-refractivity contribution in [2.45, 2.75) is 13.5 Å². The second-order valence-electron chi connectivity index (χ2n) is 5.91. The molecular formula is C20H18F2N2O4S. The van der Waals surface area contributed by atoms with E-state index in [0.29, 0.717) is 16.6 Å². The van der Waals surface area contributed by atoms with E-state index in [1.807, 2.05) is 25.1 Å². The molecule has 1 N–H and O–H groups in total. The number of methoxy groups -OCH3 is 2. The van der Waals surface area contributed by atoms with Crippen molar-refractivity contribution in [3.63, 3.8) is 0 Å². The molecule has 0 aliphatic carbocycles. The molecule has 0 radical (unpaired) electrons. The highest BCUT2D eigenvalue weighted by atomic mass is 32.1. The third-order valence-corrected chi connectivity index (χ3v) is 4.76. The number of para-hydroxylation sites is 1. The molecule has 0 atom stereocenters. The first-order valence-electron chi connectivity index (χ1n) is 8.46. The number of rotatable bonds is 7. The molecular weight excluding hydrogens is 402 g/mol. The maximum atomic E-state index is 12.8. The number of hydrogen-bond acceptors (Lipinski definition) is 6. The number of hydrogen-bond donors (Lipinski definition) is 1. The quantitative estimate of drug-likeness (QED) is 0.583. The van der Waals surface area contributed by atoms with Crippen molar-refractivity contribution in [3.8, 4) is 28.5 Å². The van der Waals surface area contributed by atoms with Gasteiger partial charge in [0.15, 0.2) is 16.6 Å². The van der Waals surface area contributed by atoms with Crippen LogP contribution in [0.2, 0.25) is 0 Å². The molecule has 0 bridgehead atoms. The maximum Gasteiger partial charge on any atom is 0.387 e. The summed E-state index contributed by atoms with van der Waals surface area (Å²) in [7, 11) is 2.87. The van der Waals surface area contributed by atoms with Gasteiger partial charge in [-0.1, -0.05) is 17.7 Å². The average Bonchev–Trinajstić information content (AvgIpc) is 3.15. The van der Waals surface area contributed by atoms with Crippen LogP contribution in [0.5, 0.6) is 17.2 Å². The van der Waals surface area contributed by atoms with Crippen molar-refractivity contribution in [2.24, 2.45) is 0 Å². The van der Waals surface area contributed by atoms with Gasteiger partial charge >= 0.3 is 6.61 Å². The lowest BCUT2D eigenvalue weighted by atomic mass is 10.1. The Kier molecular flexibility index (Phi) is 6.28. The lowest BCUT2D eigenvalue weighted by molar-refractivity contribution is -0.0515. The van der Waals surface area contributed by atoms with Crippen molar-refractivity contribution in [1.82, 2.24) is 4.98 Å². The lowest BCUT2D eigenvalue weighted by Crippen LogP contribution is -2.15. The minimum atomic E-state index is -3.10. The van der Waals surface area contributed by atoms with Crippen molar-refractivity contribution < 1.29 is 27.8 Å². The molecule has 6 nitrogen and oxygen atoms in total. The third-order valence-electron chi connectivity index (χ3n) is 4.01. The van der Waals surface area contributed by atoms with Crippen LogP contribution in [-0.4, -0.2) is 31.7 Å². The van der Waals surface area contributed by atoms with E-state index >= 15 is 0 Å². The summed E-state index contributed by atoms with van der Waals surface area (Å²) < 4.78 is 40.4. The molecule has 3 aromatic rings. The number of carbonyl (C=O) groups is 1. The maximum absolute atomic E-state index is 12.8. The highest BCUT2D eigenvalue weighted by Gasteiger charge is 2.21. The van der Waals surface area contributed by atoms with Gasteiger partial charge in [0.2, 0.25) is 0 Å². The number of aryl methyl sites for hydroxylation is 1. The largest absolute Gasteiger partial charge is 0.496 e. The summed E-state index contributed by atoms with van der Waals surface area (Å²) in [6.07, 6.45) is 0. The standard InChI is InChI=1S/C20H18F2N2O4S/c1-11-7-8-15(26-2)13(9-11)14-10-29-20(23-14)24-18(25)12-5-4-6-16(27-3)17(12)28-19(21)22/h4-10,19H,1-3H3,(H,23,24,25). The first-order valence-corrected chi connectivity index (χ1v) is 9.34. The van der Waals surface area contributed by atoms with Crippen LogP contribution in [-0.2, 0) is 0 Å². The van der Waals surface area contributed by atoms with Gasteiger partial charge in [-0.2, -0.15) is 8.78 Å². The summed E-state index contributed by atoms with van der Waals surface area (Å²) in [6.45, 7) is -1.15. The lowest BCUT2D eigenvalue weighted by Gasteiger charge is -2.13. The number of ether oxygens (including phenoxy) is 3. The van der Waals surface area contributed by atoms with Crippen molar-refractivity contribution >= 4 is 22.4 Å². The van der Waals surface area contributed by atoms with Crippen LogP contribution in [0.15, 0.2) is 41.8 Å². The SMILES string of the molecule is COc1ccc(C)cc1-c1csc(NC(=O)c2cccc(OC)c2OC(F)F)n1. The molecule has 0 saturated carbocycles. The monoisotopic (exact) mass is 420 g/mol. The number of anilines is 1. The third kappa shape index (κ3) is 4.62. The summed E-state index contributed by atoms with van der Waals surface area (Å²) in [6, 6.07) is 10.00. The molecule has 2 aromatic carbocycles. The summed E-state index contributed by atoms with van der Waals surface area (Å²) in [4.78, 5) is 17.1. The van der Waals surface area contributed by atoms with Crippen LogP contribution < -0.4 is 19.5 Å². The number of nitrogens with one attached hydrogen (secondary N) is 1. The number of aromatic nitrogens is 1. The minimum absolute atomic E-state index is 0.0299. The van der Waals surface area contributed by atoms with Crippen LogP contribution in [0.4, 0.5) is 13.9 Å². The molecule has 29 heavy (non-hydrogen) atoms. The van der Waals surface area contributed by atoms with Gasteiger partial charge in [-0.05, 0) is 31.2 Å². The number of nitrogens with zero attached hydrogens (tertiary/aromatic N) is 1. The van der Waals surface area contributed by atoms with Gasteiger partial charge in [-0.15, -0.1) is 11.3 Å². The first-order chi connectivity index (χ1) is 13.9. The summed E-state index contributed by atoms with van der Waals surface area (Å²) in [5, 5.41) is 4.69. The molecule has 0 spiro atoms. The number of halogens is 2. The molecule has 0 aliphatic heterocycles. The Labute approximate surface area is 170 Å². The number of thiazole rings is 1. The van der Waals surface area contributed by atoms with Gasteiger partial charge < -0.3 is 14.2 Å². The van der Waals surface area contributed by atoms with Crippen LogP contribution >= 0.6 is 11.3 Å². The Balaban J connectivity index is 1.88. The fraction of sp³-hybridized carbons (Fsp3) is 0.200. The summed E-state index contributed by atoms with van der Waals surface area (Å²) >= 11 is 1.20. The Morgan fingerprint density at radius 2 is 1.90 bits per heavy atom. The second-order valence-corrected chi connectivity index (χ2v) is 6.77. The van der Waals surface area contributed by atoms with E-state index in [2.05, 4.69) is 15.0 Å². The topological polar surface area (TPSA) is 69.7 Å². The fourth-order valence-corrected chi connectivity index (χ4v) is 3.41. The molecule has 0 saturated heterocycles. The molecule has 1 amide bonds. The van der Waals surface area contributed by atoms with E-state index in [0.717, 1.165) is 11.1 Å². The van der Waals surface area contributed by atoms with E-state index in [1.165, 1.54) is 36.6 Å². The Morgan fingerprint density at radius 3 is 2.59 bits per heavy atom. The van der Waals surface area contributed by atoms with Gasteiger partial charge in [0.05, 0.1) is 25.5 Å². The second kappa shape index (κ2) is 8.87. The van der Waals surface area contributed by atoms with E-state index in [9.17, 15) is 13.6 Å². The van der Waals surface area contributed by atoms with Crippen LogP contribution in [0.3, 0.4) is 0 Å². The van der Waals surface area contributed by atoms with Gasteiger partial charge in [-0.25, -0.2) is 4.98 Å². The van der Waals surface area contributed by atoms with E-state index < -0.39 is 12.5 Å². The smallest absolute Gasteiger partial charge is 0.387 e. The van der Waals surface area contributed by atoms with Crippen LogP contribution in [0.1, 0.15) is 15.9 Å². The average molecular weight is 420 g/mol. The highest BCUT2D eigenvalue weighted by molar-refractivity contribution is 7.14. The van der Waals surface area contributed by atoms with E-state index in [4.69, 9.17) is 9.47 Å². The summed E-state index contributed by atoms with van der Waals surface area (Å²) in [5.41, 5.74) is 2.35. The Bertz CT molecular complexity index is 1020. The molecule has 152 valence electrons. The molecule has 1 aromatic heterocycles. The predicted molar refractivity (Wildman–Crippen MR) is 106 cm³/mol. The van der Waals surface area contributed by atoms with Crippen molar-refractivity contribution in [1.29, 1.82) is 0 Å². The Hall–Kier alpha value is -3.20. The van der Waals surface area contributed by atoms with Crippen molar-refractivity contribution in [3.05, 3.63) is 52.9 Å². The normalized spacial score (nSPS) is 10.7. The van der Waals surface area contributed by atoms with Gasteiger partial charge in [0, 0.05) is 10.9 Å². The first kappa shape index (κ1) is 20.5. The fourth-order valence-electron chi connectivity index (χ4n) is 2.71.